The number of hydrogen-bond donors (Lipinski definition) is 1. The Kier molecular flexibility index (Phi) is 4.04. The minimum absolute atomic E-state index is 0.0828. The zero-order valence-electron chi connectivity index (χ0n) is 11.1. The zero-order chi connectivity index (χ0) is 14.0. The molecule has 1 N–H and O–H groups in total. The molecule has 0 aliphatic heterocycles. The molecule has 0 aliphatic carbocycles. The topological polar surface area (TPSA) is 46.9 Å². The Bertz CT molecular complexity index is 586. The maximum Gasteiger partial charge on any atom is 0.248 e. The Morgan fingerprint density at radius 3 is 2.47 bits per heavy atom. The van der Waals surface area contributed by atoms with Crippen molar-refractivity contribution in [3.05, 3.63) is 46.2 Å². The van der Waals surface area contributed by atoms with Gasteiger partial charge in [0.25, 0.3) is 0 Å². The number of aryl methyl sites for hydroxylation is 2. The van der Waals surface area contributed by atoms with Crippen LogP contribution in [0, 0.1) is 13.8 Å². The zero-order valence-corrected chi connectivity index (χ0v) is 12.7. The molecule has 1 amide bonds. The Hall–Kier alpha value is -1.62. The van der Waals surface area contributed by atoms with Crippen LogP contribution in [0.15, 0.2) is 35.1 Å². The van der Waals surface area contributed by atoms with Crippen LogP contribution in [0.25, 0.3) is 0 Å². The van der Waals surface area contributed by atoms with Crippen molar-refractivity contribution in [1.82, 2.24) is 9.78 Å². The van der Waals surface area contributed by atoms with Crippen molar-refractivity contribution >= 4 is 27.5 Å². The molecule has 1 aromatic carbocycles. The highest BCUT2D eigenvalue weighted by molar-refractivity contribution is 9.10. The van der Waals surface area contributed by atoms with Gasteiger partial charge in [0.05, 0.1) is 10.7 Å². The number of carbonyl (C=O) groups excluding carboxylic acids is 1. The maximum absolute atomic E-state index is 12.2. The molecule has 0 saturated heterocycles. The summed E-state index contributed by atoms with van der Waals surface area (Å²) < 4.78 is 2.49. The minimum atomic E-state index is -0.355. The van der Waals surface area contributed by atoms with Gasteiger partial charge < -0.3 is 5.32 Å². The summed E-state index contributed by atoms with van der Waals surface area (Å²) in [5.41, 5.74) is 3.08. The average Bonchev–Trinajstić information content (AvgIpc) is 2.73. The van der Waals surface area contributed by atoms with Gasteiger partial charge in [-0.05, 0) is 60.0 Å². The average molecular weight is 322 g/mol. The summed E-state index contributed by atoms with van der Waals surface area (Å²) >= 11 is 3.32. The molecule has 0 radical (unpaired) electrons. The molecular weight excluding hydrogens is 306 g/mol. The molecular formula is C14H16BrN3O. The predicted molar refractivity (Wildman–Crippen MR) is 79.2 cm³/mol. The van der Waals surface area contributed by atoms with Crippen molar-refractivity contribution in [2.45, 2.75) is 26.8 Å². The first-order valence-corrected chi connectivity index (χ1v) is 6.84. The molecule has 2 rings (SSSR count). The van der Waals surface area contributed by atoms with Crippen molar-refractivity contribution in [2.75, 3.05) is 5.32 Å². The van der Waals surface area contributed by atoms with Gasteiger partial charge in [-0.3, -0.25) is 9.48 Å². The molecule has 0 fully saturated rings. The number of anilines is 1. The van der Waals surface area contributed by atoms with E-state index in [-0.39, 0.29) is 11.9 Å². The summed E-state index contributed by atoms with van der Waals surface area (Å²) in [5.74, 6) is -0.0828. The number of benzene rings is 1. The van der Waals surface area contributed by atoms with Crippen LogP contribution < -0.4 is 5.32 Å². The van der Waals surface area contributed by atoms with E-state index < -0.39 is 0 Å². The van der Waals surface area contributed by atoms with Crippen molar-refractivity contribution in [3.8, 4) is 0 Å². The van der Waals surface area contributed by atoms with Crippen LogP contribution in [0.1, 0.15) is 24.1 Å². The van der Waals surface area contributed by atoms with Gasteiger partial charge in [-0.15, -0.1) is 0 Å². The molecule has 1 atom stereocenters. The molecule has 2 aromatic rings. The molecule has 0 spiro atoms. The van der Waals surface area contributed by atoms with E-state index in [1.807, 2.05) is 32.9 Å². The van der Waals surface area contributed by atoms with Gasteiger partial charge in [0.1, 0.15) is 6.04 Å². The standard InChI is InChI=1S/C14H16BrN3O/c1-9-4-10(2)6-13(5-9)17-14(19)11(3)18-8-12(15)7-16-18/h4-8,11H,1-3H3,(H,17,19). The summed E-state index contributed by atoms with van der Waals surface area (Å²) in [4.78, 5) is 12.2. The molecule has 4 nitrogen and oxygen atoms in total. The van der Waals surface area contributed by atoms with E-state index in [2.05, 4.69) is 32.4 Å². The quantitative estimate of drug-likeness (QED) is 0.941. The molecule has 1 unspecified atom stereocenters. The molecule has 19 heavy (non-hydrogen) atoms. The number of carbonyl (C=O) groups is 1. The van der Waals surface area contributed by atoms with E-state index in [4.69, 9.17) is 0 Å². The van der Waals surface area contributed by atoms with Crippen molar-refractivity contribution in [2.24, 2.45) is 0 Å². The van der Waals surface area contributed by atoms with Gasteiger partial charge >= 0.3 is 0 Å². The van der Waals surface area contributed by atoms with E-state index in [0.717, 1.165) is 21.3 Å². The predicted octanol–water partition coefficient (Wildman–Crippen LogP) is 3.46. The van der Waals surface area contributed by atoms with Crippen LogP contribution in [0.4, 0.5) is 5.69 Å². The Morgan fingerprint density at radius 2 is 1.95 bits per heavy atom. The third-order valence-corrected chi connectivity index (χ3v) is 3.24. The second-order valence-electron chi connectivity index (χ2n) is 4.68. The summed E-state index contributed by atoms with van der Waals surface area (Å²) in [7, 11) is 0. The summed E-state index contributed by atoms with van der Waals surface area (Å²) in [6.45, 7) is 5.84. The molecule has 0 saturated carbocycles. The van der Waals surface area contributed by atoms with Crippen LogP contribution in [-0.4, -0.2) is 15.7 Å². The van der Waals surface area contributed by atoms with E-state index in [1.165, 1.54) is 0 Å². The maximum atomic E-state index is 12.2. The highest BCUT2D eigenvalue weighted by Gasteiger charge is 2.16. The lowest BCUT2D eigenvalue weighted by atomic mass is 10.1. The first kappa shape index (κ1) is 13.8. The fourth-order valence-corrected chi connectivity index (χ4v) is 2.24. The molecule has 5 heteroatoms. The summed E-state index contributed by atoms with van der Waals surface area (Å²) in [5, 5.41) is 7.04. The molecule has 1 heterocycles. The largest absolute Gasteiger partial charge is 0.324 e. The first-order valence-electron chi connectivity index (χ1n) is 6.04. The van der Waals surface area contributed by atoms with Gasteiger partial charge in [0, 0.05) is 11.9 Å². The molecule has 100 valence electrons. The number of halogens is 1. The van der Waals surface area contributed by atoms with Crippen molar-refractivity contribution < 1.29 is 4.79 Å². The molecule has 1 aromatic heterocycles. The van der Waals surface area contributed by atoms with E-state index in [0.29, 0.717) is 0 Å². The van der Waals surface area contributed by atoms with E-state index in [9.17, 15) is 4.79 Å². The second kappa shape index (κ2) is 5.57. The van der Waals surface area contributed by atoms with Gasteiger partial charge in [-0.2, -0.15) is 5.10 Å². The fourth-order valence-electron chi connectivity index (χ4n) is 1.94. The van der Waals surface area contributed by atoms with Gasteiger partial charge in [0.15, 0.2) is 0 Å². The van der Waals surface area contributed by atoms with Crippen molar-refractivity contribution in [3.63, 3.8) is 0 Å². The van der Waals surface area contributed by atoms with E-state index >= 15 is 0 Å². The first-order chi connectivity index (χ1) is 8.95. The third kappa shape index (κ3) is 3.44. The Labute approximate surface area is 120 Å². The third-order valence-electron chi connectivity index (χ3n) is 2.84. The minimum Gasteiger partial charge on any atom is -0.324 e. The summed E-state index contributed by atoms with van der Waals surface area (Å²) in [6.07, 6.45) is 3.45. The highest BCUT2D eigenvalue weighted by Crippen LogP contribution is 2.17. The van der Waals surface area contributed by atoms with Crippen molar-refractivity contribution in [1.29, 1.82) is 0 Å². The normalized spacial score (nSPS) is 12.2. The van der Waals surface area contributed by atoms with Crippen LogP contribution in [0.3, 0.4) is 0 Å². The monoisotopic (exact) mass is 321 g/mol. The van der Waals surface area contributed by atoms with Crippen LogP contribution >= 0.6 is 15.9 Å². The molecule has 0 aliphatic rings. The number of aromatic nitrogens is 2. The summed E-state index contributed by atoms with van der Waals surface area (Å²) in [6, 6.07) is 5.63. The number of nitrogens with zero attached hydrogens (tertiary/aromatic N) is 2. The number of rotatable bonds is 3. The van der Waals surface area contributed by atoms with Crippen LogP contribution in [-0.2, 0) is 4.79 Å². The van der Waals surface area contributed by atoms with Gasteiger partial charge in [-0.25, -0.2) is 0 Å². The molecule has 0 bridgehead atoms. The smallest absolute Gasteiger partial charge is 0.248 e. The van der Waals surface area contributed by atoms with Crippen LogP contribution in [0.2, 0.25) is 0 Å². The van der Waals surface area contributed by atoms with Gasteiger partial charge in [0.2, 0.25) is 5.91 Å². The number of amides is 1. The lowest BCUT2D eigenvalue weighted by Crippen LogP contribution is -2.24. The lowest BCUT2D eigenvalue weighted by Gasteiger charge is -2.13. The Balaban J connectivity index is 2.12. The SMILES string of the molecule is Cc1cc(C)cc(NC(=O)C(C)n2cc(Br)cn2)c1. The van der Waals surface area contributed by atoms with E-state index in [1.54, 1.807) is 17.1 Å². The lowest BCUT2D eigenvalue weighted by molar-refractivity contribution is -0.119. The highest BCUT2D eigenvalue weighted by atomic mass is 79.9. The Morgan fingerprint density at radius 1 is 1.32 bits per heavy atom. The number of hydrogen-bond acceptors (Lipinski definition) is 2. The number of nitrogens with one attached hydrogen (secondary N) is 1. The fraction of sp³-hybridized carbons (Fsp3) is 0.286. The van der Waals surface area contributed by atoms with Crippen LogP contribution in [0.5, 0.6) is 0 Å². The van der Waals surface area contributed by atoms with Gasteiger partial charge in [-0.1, -0.05) is 6.07 Å². The second-order valence-corrected chi connectivity index (χ2v) is 5.60.